The molecule has 1 aromatic rings. The second kappa shape index (κ2) is 6.88. The lowest BCUT2D eigenvalue weighted by Crippen LogP contribution is -2.48. The molecule has 1 heterocycles. The van der Waals surface area contributed by atoms with Gasteiger partial charge in [0.25, 0.3) is 17.3 Å². The third-order valence-corrected chi connectivity index (χ3v) is 4.17. The quantitative estimate of drug-likeness (QED) is 0.610. The monoisotopic (exact) mass is 342 g/mol. The third kappa shape index (κ3) is 3.57. The number of hydrogen-bond donors (Lipinski definition) is 0. The summed E-state index contributed by atoms with van der Waals surface area (Å²) < 4.78 is 0. The number of nitro groups is 2. The SMILES string of the molecule is CCN1CCN(C(=O)c2cc([N+](=O)[O-])c(Cl)c([N+](=O)[O-])c2)CC1. The first-order valence-electron chi connectivity index (χ1n) is 6.99. The zero-order valence-electron chi connectivity index (χ0n) is 12.4. The first kappa shape index (κ1) is 17.1. The van der Waals surface area contributed by atoms with E-state index in [1.54, 1.807) is 0 Å². The molecule has 0 aromatic heterocycles. The Morgan fingerprint density at radius 3 is 2.00 bits per heavy atom. The number of carbonyl (C=O) groups is 1. The molecule has 1 aliphatic heterocycles. The van der Waals surface area contributed by atoms with Crippen LogP contribution in [0.15, 0.2) is 12.1 Å². The van der Waals surface area contributed by atoms with E-state index in [9.17, 15) is 25.0 Å². The van der Waals surface area contributed by atoms with Gasteiger partial charge in [0.1, 0.15) is 0 Å². The zero-order valence-corrected chi connectivity index (χ0v) is 13.2. The Kier molecular flexibility index (Phi) is 5.12. The molecule has 0 N–H and O–H groups in total. The van der Waals surface area contributed by atoms with Gasteiger partial charge < -0.3 is 9.80 Å². The summed E-state index contributed by atoms with van der Waals surface area (Å²) in [5, 5.41) is 21.4. The number of benzene rings is 1. The van der Waals surface area contributed by atoms with E-state index in [1.807, 2.05) is 6.92 Å². The first-order chi connectivity index (χ1) is 10.8. The van der Waals surface area contributed by atoms with Gasteiger partial charge in [-0.3, -0.25) is 25.0 Å². The van der Waals surface area contributed by atoms with Gasteiger partial charge in [-0.25, -0.2) is 0 Å². The van der Waals surface area contributed by atoms with Crippen LogP contribution < -0.4 is 0 Å². The second-order valence-corrected chi connectivity index (χ2v) is 5.45. The maximum Gasteiger partial charge on any atom is 0.295 e. The average molecular weight is 343 g/mol. The van der Waals surface area contributed by atoms with Gasteiger partial charge in [0, 0.05) is 38.3 Å². The van der Waals surface area contributed by atoms with Crippen LogP contribution in [0.1, 0.15) is 17.3 Å². The maximum atomic E-state index is 12.5. The number of likely N-dealkylation sites (N-methyl/N-ethyl adjacent to an activating group) is 1. The zero-order chi connectivity index (χ0) is 17.1. The molecule has 1 aliphatic rings. The molecule has 0 saturated carbocycles. The van der Waals surface area contributed by atoms with Gasteiger partial charge in [0.05, 0.1) is 15.4 Å². The summed E-state index contributed by atoms with van der Waals surface area (Å²) in [5.41, 5.74) is -1.38. The summed E-state index contributed by atoms with van der Waals surface area (Å²) in [6, 6.07) is 1.98. The molecule has 10 heteroatoms. The van der Waals surface area contributed by atoms with Crippen LogP contribution in [0, 0.1) is 20.2 Å². The van der Waals surface area contributed by atoms with E-state index in [1.165, 1.54) is 4.90 Å². The molecule has 23 heavy (non-hydrogen) atoms. The van der Waals surface area contributed by atoms with Crippen LogP contribution in [0.5, 0.6) is 0 Å². The predicted molar refractivity (Wildman–Crippen MR) is 82.8 cm³/mol. The number of amides is 1. The summed E-state index contributed by atoms with van der Waals surface area (Å²) >= 11 is 5.68. The molecule has 0 spiro atoms. The summed E-state index contributed by atoms with van der Waals surface area (Å²) in [6.07, 6.45) is 0. The van der Waals surface area contributed by atoms with Gasteiger partial charge >= 0.3 is 0 Å². The van der Waals surface area contributed by atoms with Crippen LogP contribution in [-0.2, 0) is 0 Å². The van der Waals surface area contributed by atoms with E-state index >= 15 is 0 Å². The molecule has 2 rings (SSSR count). The Hall–Kier alpha value is -2.26. The molecule has 1 amide bonds. The van der Waals surface area contributed by atoms with Gasteiger partial charge in [-0.2, -0.15) is 0 Å². The van der Waals surface area contributed by atoms with Crippen LogP contribution in [-0.4, -0.2) is 58.3 Å². The normalized spacial score (nSPS) is 15.5. The van der Waals surface area contributed by atoms with Crippen LogP contribution in [0.25, 0.3) is 0 Å². The molecule has 0 aliphatic carbocycles. The van der Waals surface area contributed by atoms with E-state index < -0.39 is 32.2 Å². The highest BCUT2D eigenvalue weighted by Gasteiger charge is 2.29. The minimum absolute atomic E-state index is 0.0993. The lowest BCUT2D eigenvalue weighted by Gasteiger charge is -2.34. The summed E-state index contributed by atoms with van der Waals surface area (Å²) in [5.74, 6) is -0.469. The molecule has 1 fully saturated rings. The average Bonchev–Trinajstić information content (AvgIpc) is 2.54. The van der Waals surface area contributed by atoms with E-state index in [2.05, 4.69) is 4.90 Å². The summed E-state index contributed by atoms with van der Waals surface area (Å²) in [7, 11) is 0. The highest BCUT2D eigenvalue weighted by Crippen LogP contribution is 2.35. The Morgan fingerprint density at radius 2 is 1.61 bits per heavy atom. The molecule has 0 unspecified atom stereocenters. The molecule has 1 aromatic carbocycles. The molecule has 1 saturated heterocycles. The summed E-state index contributed by atoms with van der Waals surface area (Å²) in [6.45, 7) is 5.22. The van der Waals surface area contributed by atoms with Crippen LogP contribution in [0.2, 0.25) is 5.02 Å². The Balaban J connectivity index is 2.33. The number of nitro benzene ring substituents is 2. The lowest BCUT2D eigenvalue weighted by molar-refractivity contribution is -0.393. The van der Waals surface area contributed by atoms with Gasteiger partial charge in [-0.05, 0) is 6.54 Å². The molecular weight excluding hydrogens is 328 g/mol. The van der Waals surface area contributed by atoms with Crippen molar-refractivity contribution in [2.45, 2.75) is 6.92 Å². The first-order valence-corrected chi connectivity index (χ1v) is 7.37. The fraction of sp³-hybridized carbons (Fsp3) is 0.462. The molecular formula is C13H15ClN4O5. The van der Waals surface area contributed by atoms with Crippen molar-refractivity contribution in [3.63, 3.8) is 0 Å². The Labute approximate surface area is 136 Å². The highest BCUT2D eigenvalue weighted by molar-refractivity contribution is 6.35. The van der Waals surface area contributed by atoms with E-state index in [0.29, 0.717) is 26.2 Å². The number of piperazine rings is 1. The molecule has 0 radical (unpaired) electrons. The Bertz CT molecular complexity index is 623. The maximum absolute atomic E-state index is 12.5. The van der Waals surface area contributed by atoms with E-state index in [0.717, 1.165) is 18.7 Å². The summed E-state index contributed by atoms with van der Waals surface area (Å²) in [4.78, 5) is 36.5. The van der Waals surface area contributed by atoms with Crippen LogP contribution in [0.4, 0.5) is 11.4 Å². The smallest absolute Gasteiger partial charge is 0.295 e. The number of halogens is 1. The highest BCUT2D eigenvalue weighted by atomic mass is 35.5. The van der Waals surface area contributed by atoms with Crippen molar-refractivity contribution in [1.82, 2.24) is 9.80 Å². The van der Waals surface area contributed by atoms with Gasteiger partial charge in [-0.15, -0.1) is 0 Å². The predicted octanol–water partition coefficient (Wildman–Crippen LogP) is 1.93. The van der Waals surface area contributed by atoms with E-state index in [4.69, 9.17) is 11.6 Å². The topological polar surface area (TPSA) is 110 Å². The van der Waals surface area contributed by atoms with Crippen molar-refractivity contribution in [2.24, 2.45) is 0 Å². The van der Waals surface area contributed by atoms with Crippen LogP contribution in [0.3, 0.4) is 0 Å². The minimum atomic E-state index is -0.832. The standard InChI is InChI=1S/C13H15ClN4O5/c1-2-15-3-5-16(6-4-15)13(19)9-7-10(17(20)21)12(14)11(8-9)18(22)23/h7-8H,2-6H2,1H3. The van der Waals surface area contributed by atoms with Crippen molar-refractivity contribution >= 4 is 28.9 Å². The van der Waals surface area contributed by atoms with Crippen molar-refractivity contribution < 1.29 is 14.6 Å². The van der Waals surface area contributed by atoms with Crippen molar-refractivity contribution in [2.75, 3.05) is 32.7 Å². The fourth-order valence-electron chi connectivity index (χ4n) is 2.43. The molecule has 124 valence electrons. The number of rotatable bonds is 4. The fourth-order valence-corrected chi connectivity index (χ4v) is 2.68. The lowest BCUT2D eigenvalue weighted by atomic mass is 10.1. The molecule has 0 bridgehead atoms. The van der Waals surface area contributed by atoms with Crippen LogP contribution >= 0.6 is 11.6 Å². The van der Waals surface area contributed by atoms with Crippen molar-refractivity contribution in [3.8, 4) is 0 Å². The van der Waals surface area contributed by atoms with Crippen molar-refractivity contribution in [1.29, 1.82) is 0 Å². The van der Waals surface area contributed by atoms with E-state index in [-0.39, 0.29) is 5.56 Å². The van der Waals surface area contributed by atoms with Gasteiger partial charge in [0.2, 0.25) is 0 Å². The van der Waals surface area contributed by atoms with Crippen molar-refractivity contribution in [3.05, 3.63) is 42.9 Å². The molecule has 0 atom stereocenters. The Morgan fingerprint density at radius 1 is 1.13 bits per heavy atom. The second-order valence-electron chi connectivity index (χ2n) is 5.07. The number of hydrogen-bond acceptors (Lipinski definition) is 6. The van der Waals surface area contributed by atoms with Gasteiger partial charge in [-0.1, -0.05) is 18.5 Å². The largest absolute Gasteiger partial charge is 0.336 e. The molecule has 9 nitrogen and oxygen atoms in total. The number of nitrogens with zero attached hydrogens (tertiary/aromatic N) is 4. The minimum Gasteiger partial charge on any atom is -0.336 e. The third-order valence-electron chi connectivity index (χ3n) is 3.78. The number of carbonyl (C=O) groups excluding carboxylic acids is 1. The van der Waals surface area contributed by atoms with Gasteiger partial charge in [0.15, 0.2) is 5.02 Å².